The van der Waals surface area contributed by atoms with Crippen molar-refractivity contribution in [2.45, 2.75) is 16.8 Å². The third kappa shape index (κ3) is 4.46. The second kappa shape index (κ2) is 9.59. The van der Waals surface area contributed by atoms with Crippen molar-refractivity contribution in [2.24, 2.45) is 0 Å². The predicted octanol–water partition coefficient (Wildman–Crippen LogP) is 6.76. The number of nitrogens with zero attached hydrogens (tertiary/aromatic N) is 2. The molecule has 0 aliphatic rings. The highest BCUT2D eigenvalue weighted by Crippen LogP contribution is 2.39. The molecule has 0 saturated carbocycles. The molecule has 1 aromatic heterocycles. The predicted molar refractivity (Wildman–Crippen MR) is 128 cm³/mol. The number of rotatable bonds is 6. The third-order valence-electron chi connectivity index (χ3n) is 5.10. The fourth-order valence-corrected chi connectivity index (χ4v) is 4.31. The van der Waals surface area contributed by atoms with Crippen molar-refractivity contribution in [2.75, 3.05) is 14.2 Å². The van der Waals surface area contributed by atoms with Crippen molar-refractivity contribution in [3.63, 3.8) is 0 Å². The highest BCUT2D eigenvalue weighted by Gasteiger charge is 2.18. The van der Waals surface area contributed by atoms with Crippen molar-refractivity contribution in [3.8, 4) is 40.0 Å². The van der Waals surface area contributed by atoms with Crippen LogP contribution in [0.5, 0.6) is 11.5 Å². The van der Waals surface area contributed by atoms with Crippen LogP contribution in [-0.4, -0.2) is 19.2 Å². The molecule has 0 N–H and O–H groups in total. The minimum Gasteiger partial charge on any atom is -0.493 e. The van der Waals surface area contributed by atoms with Crippen LogP contribution in [0.3, 0.4) is 0 Å². The van der Waals surface area contributed by atoms with E-state index in [1.165, 1.54) is 17.3 Å². The molecule has 4 nitrogen and oxygen atoms in total. The van der Waals surface area contributed by atoms with Gasteiger partial charge in [0.05, 0.1) is 25.5 Å². The summed E-state index contributed by atoms with van der Waals surface area (Å²) in [6.45, 7) is 2.05. The molecule has 0 spiro atoms. The van der Waals surface area contributed by atoms with Gasteiger partial charge in [0.25, 0.3) is 0 Å². The maximum Gasteiger partial charge on any atom is 0.161 e. The smallest absolute Gasteiger partial charge is 0.161 e. The van der Waals surface area contributed by atoms with Crippen LogP contribution >= 0.6 is 11.8 Å². The number of hydrogen-bond acceptors (Lipinski definition) is 5. The van der Waals surface area contributed by atoms with Gasteiger partial charge in [0.15, 0.2) is 11.5 Å². The number of methoxy groups -OCH3 is 2. The summed E-state index contributed by atoms with van der Waals surface area (Å²) in [6.07, 6.45) is 0. The Morgan fingerprint density at radius 1 is 0.812 bits per heavy atom. The Balaban J connectivity index is 1.92. The summed E-state index contributed by atoms with van der Waals surface area (Å²) in [5.74, 6) is 1.25. The Bertz CT molecular complexity index is 1280. The van der Waals surface area contributed by atoms with Gasteiger partial charge in [-0.3, -0.25) is 0 Å². The lowest BCUT2D eigenvalue weighted by Crippen LogP contribution is -1.97. The summed E-state index contributed by atoms with van der Waals surface area (Å²) in [5.41, 5.74) is 5.18. The van der Waals surface area contributed by atoms with E-state index < -0.39 is 0 Å². The van der Waals surface area contributed by atoms with Crippen LogP contribution in [0.4, 0.5) is 0 Å². The number of ether oxygens (including phenoxy) is 2. The SMILES string of the molecule is COc1ccc(-c2cc(-c3ccccc3)nc(Sc3ccc(C)cc3)c2C#N)cc1OC. The molecule has 4 rings (SSSR count). The first kappa shape index (κ1) is 21.5. The van der Waals surface area contributed by atoms with Crippen molar-refractivity contribution in [1.29, 1.82) is 5.26 Å². The van der Waals surface area contributed by atoms with E-state index in [0.717, 1.165) is 27.3 Å². The molecule has 0 fully saturated rings. The summed E-state index contributed by atoms with van der Waals surface area (Å²) >= 11 is 1.49. The molecule has 0 atom stereocenters. The van der Waals surface area contributed by atoms with E-state index >= 15 is 0 Å². The molecule has 0 unspecified atom stereocenters. The van der Waals surface area contributed by atoms with E-state index in [1.807, 2.05) is 66.7 Å². The molecule has 0 amide bonds. The average molecular weight is 439 g/mol. The van der Waals surface area contributed by atoms with Gasteiger partial charge in [-0.05, 0) is 42.8 Å². The molecule has 0 aliphatic heterocycles. The number of nitriles is 1. The van der Waals surface area contributed by atoms with E-state index in [0.29, 0.717) is 22.1 Å². The Labute approximate surface area is 192 Å². The summed E-state index contributed by atoms with van der Waals surface area (Å²) < 4.78 is 10.9. The van der Waals surface area contributed by atoms with Crippen molar-refractivity contribution in [3.05, 3.63) is 90.0 Å². The molecule has 32 heavy (non-hydrogen) atoms. The minimum atomic E-state index is 0.530. The zero-order valence-electron chi connectivity index (χ0n) is 18.1. The highest BCUT2D eigenvalue weighted by atomic mass is 32.2. The van der Waals surface area contributed by atoms with Crippen LogP contribution in [0.1, 0.15) is 11.1 Å². The second-order valence-corrected chi connectivity index (χ2v) is 8.26. The molecule has 3 aromatic carbocycles. The van der Waals surface area contributed by atoms with Crippen molar-refractivity contribution in [1.82, 2.24) is 4.98 Å². The Hall–Kier alpha value is -3.75. The van der Waals surface area contributed by atoms with Gasteiger partial charge < -0.3 is 9.47 Å². The summed E-state index contributed by atoms with van der Waals surface area (Å²) in [4.78, 5) is 5.91. The molecule has 158 valence electrons. The van der Waals surface area contributed by atoms with E-state index in [-0.39, 0.29) is 0 Å². The fourth-order valence-electron chi connectivity index (χ4n) is 3.41. The van der Waals surface area contributed by atoms with E-state index in [2.05, 4.69) is 25.1 Å². The Morgan fingerprint density at radius 3 is 2.19 bits per heavy atom. The van der Waals surface area contributed by atoms with E-state index in [1.54, 1.807) is 14.2 Å². The molecule has 0 aliphatic carbocycles. The molecule has 0 bridgehead atoms. The first-order valence-electron chi connectivity index (χ1n) is 10.1. The quantitative estimate of drug-likeness (QED) is 0.333. The molecule has 0 radical (unpaired) electrons. The summed E-state index contributed by atoms with van der Waals surface area (Å²) in [6, 6.07) is 28.2. The van der Waals surface area contributed by atoms with Crippen LogP contribution < -0.4 is 9.47 Å². The lowest BCUT2D eigenvalue weighted by Gasteiger charge is -2.14. The first-order valence-corrected chi connectivity index (χ1v) is 10.9. The zero-order chi connectivity index (χ0) is 22.5. The maximum atomic E-state index is 10.1. The van der Waals surface area contributed by atoms with Crippen LogP contribution in [0.25, 0.3) is 22.4 Å². The largest absolute Gasteiger partial charge is 0.493 e. The van der Waals surface area contributed by atoms with Gasteiger partial charge in [-0.2, -0.15) is 5.26 Å². The minimum absolute atomic E-state index is 0.530. The van der Waals surface area contributed by atoms with Crippen LogP contribution in [0, 0.1) is 18.3 Å². The van der Waals surface area contributed by atoms with Crippen molar-refractivity contribution >= 4 is 11.8 Å². The number of aryl methyl sites for hydroxylation is 1. The number of benzene rings is 3. The zero-order valence-corrected chi connectivity index (χ0v) is 18.9. The van der Waals surface area contributed by atoms with Crippen molar-refractivity contribution < 1.29 is 9.47 Å². The number of hydrogen-bond donors (Lipinski definition) is 0. The van der Waals surface area contributed by atoms with Gasteiger partial charge >= 0.3 is 0 Å². The molecule has 1 heterocycles. The van der Waals surface area contributed by atoms with Gasteiger partial charge in [0.1, 0.15) is 11.1 Å². The van der Waals surface area contributed by atoms with Gasteiger partial charge in [-0.1, -0.05) is 65.9 Å². The summed E-state index contributed by atoms with van der Waals surface area (Å²) in [7, 11) is 3.21. The normalized spacial score (nSPS) is 10.4. The van der Waals surface area contributed by atoms with Crippen LogP contribution in [0.15, 0.2) is 88.8 Å². The highest BCUT2D eigenvalue weighted by molar-refractivity contribution is 7.99. The monoisotopic (exact) mass is 438 g/mol. The van der Waals surface area contributed by atoms with Gasteiger partial charge in [-0.25, -0.2) is 4.98 Å². The summed E-state index contributed by atoms with van der Waals surface area (Å²) in [5, 5.41) is 10.8. The lowest BCUT2D eigenvalue weighted by molar-refractivity contribution is 0.355. The molecule has 5 heteroatoms. The Kier molecular flexibility index (Phi) is 6.44. The third-order valence-corrected chi connectivity index (χ3v) is 6.09. The molecule has 4 aromatic rings. The van der Waals surface area contributed by atoms with E-state index in [9.17, 15) is 5.26 Å². The maximum absolute atomic E-state index is 10.1. The average Bonchev–Trinajstić information content (AvgIpc) is 2.85. The van der Waals surface area contributed by atoms with Gasteiger partial charge in [0, 0.05) is 16.0 Å². The Morgan fingerprint density at radius 2 is 1.53 bits per heavy atom. The van der Waals surface area contributed by atoms with E-state index in [4.69, 9.17) is 14.5 Å². The lowest BCUT2D eigenvalue weighted by atomic mass is 9.99. The van der Waals surface area contributed by atoms with Gasteiger partial charge in [-0.15, -0.1) is 0 Å². The number of pyridine rings is 1. The fraction of sp³-hybridized carbons (Fsp3) is 0.111. The standard InChI is InChI=1S/C27H22N2O2S/c1-18-9-12-21(13-10-18)32-27-23(17-28)22(16-24(29-27)19-7-5-4-6-8-19)20-11-14-25(30-2)26(15-20)31-3/h4-16H,1-3H3. The van der Waals surface area contributed by atoms with Gasteiger partial charge in [0.2, 0.25) is 0 Å². The first-order chi connectivity index (χ1) is 15.6. The number of aromatic nitrogens is 1. The topological polar surface area (TPSA) is 55.1 Å². The second-order valence-electron chi connectivity index (χ2n) is 7.20. The molecule has 0 saturated heterocycles. The van der Waals surface area contributed by atoms with Crippen LogP contribution in [-0.2, 0) is 0 Å². The molecular formula is C27H22N2O2S. The van der Waals surface area contributed by atoms with Crippen LogP contribution in [0.2, 0.25) is 0 Å². The molecular weight excluding hydrogens is 416 g/mol.